The summed E-state index contributed by atoms with van der Waals surface area (Å²) in [6, 6.07) is 0. The Bertz CT molecular complexity index is 356. The van der Waals surface area contributed by atoms with Gasteiger partial charge in [0.15, 0.2) is 5.78 Å². The fourth-order valence-electron chi connectivity index (χ4n) is 4.85. The van der Waals surface area contributed by atoms with E-state index in [1.54, 1.807) is 7.11 Å². The van der Waals surface area contributed by atoms with E-state index in [0.29, 0.717) is 12.5 Å². The summed E-state index contributed by atoms with van der Waals surface area (Å²) in [5.74, 6) is 0.819. The molecule has 0 aromatic rings. The molecule has 4 rings (SSSR count). The van der Waals surface area contributed by atoms with Gasteiger partial charge in [0.05, 0.1) is 13.2 Å². The van der Waals surface area contributed by atoms with Crippen molar-refractivity contribution in [2.45, 2.75) is 44.1 Å². The quantitative estimate of drug-likeness (QED) is 0.832. The molecule has 4 nitrogen and oxygen atoms in total. The highest BCUT2D eigenvalue weighted by atomic mass is 16.5. The average molecular weight is 267 g/mol. The van der Waals surface area contributed by atoms with Gasteiger partial charge in [-0.3, -0.25) is 9.69 Å². The number of rotatable bonds is 4. The van der Waals surface area contributed by atoms with Gasteiger partial charge >= 0.3 is 0 Å². The molecule has 4 aliphatic rings. The third kappa shape index (κ3) is 1.73. The van der Waals surface area contributed by atoms with Crippen LogP contribution >= 0.6 is 0 Å². The number of carbonyl (C=O) groups excluding carboxylic acids is 1. The zero-order valence-electron chi connectivity index (χ0n) is 11.9. The number of piperidine rings is 3. The minimum atomic E-state index is -0.756. The Kier molecular flexibility index (Phi) is 3.44. The molecule has 0 spiro atoms. The van der Waals surface area contributed by atoms with Gasteiger partial charge in [-0.1, -0.05) is 12.8 Å². The maximum Gasteiger partial charge on any atom is 0.164 e. The topological polar surface area (TPSA) is 49.8 Å². The number of carbonyl (C=O) groups is 1. The Morgan fingerprint density at radius 1 is 1.32 bits per heavy atom. The van der Waals surface area contributed by atoms with E-state index in [2.05, 4.69) is 4.90 Å². The molecule has 2 bridgehead atoms. The number of aliphatic hydroxyl groups is 1. The van der Waals surface area contributed by atoms with E-state index < -0.39 is 5.54 Å². The molecular formula is C15H25NO3. The fourth-order valence-corrected chi connectivity index (χ4v) is 4.85. The first kappa shape index (κ1) is 13.5. The van der Waals surface area contributed by atoms with Gasteiger partial charge in [0.25, 0.3) is 0 Å². The molecule has 1 aliphatic carbocycles. The van der Waals surface area contributed by atoms with Gasteiger partial charge in [-0.25, -0.2) is 0 Å². The van der Waals surface area contributed by atoms with Gasteiger partial charge in [0.1, 0.15) is 5.54 Å². The fraction of sp³-hybridized carbons (Fsp3) is 0.933. The zero-order valence-corrected chi connectivity index (χ0v) is 11.9. The highest BCUT2D eigenvalue weighted by Crippen LogP contribution is 2.54. The zero-order chi connectivity index (χ0) is 13.5. The molecule has 3 aliphatic heterocycles. The summed E-state index contributed by atoms with van der Waals surface area (Å²) in [4.78, 5) is 15.3. The van der Waals surface area contributed by atoms with Crippen LogP contribution in [0.25, 0.3) is 0 Å². The predicted octanol–water partition coefficient (Wildman–Crippen LogP) is 1.22. The van der Waals surface area contributed by atoms with Crippen molar-refractivity contribution in [1.82, 2.24) is 4.90 Å². The van der Waals surface area contributed by atoms with Gasteiger partial charge < -0.3 is 9.84 Å². The summed E-state index contributed by atoms with van der Waals surface area (Å²) in [5, 5.41) is 9.88. The molecule has 108 valence electrons. The van der Waals surface area contributed by atoms with Crippen molar-refractivity contribution < 1.29 is 14.6 Å². The summed E-state index contributed by atoms with van der Waals surface area (Å²) in [6.07, 6.45) is 6.89. The standard InChI is InChI=1S/C15H25NO3/c1-19-11-15(10-17)13(18)14(12-4-2-3-5-12)6-8-16(15)9-7-14/h12,17H,2-11H2,1H3. The van der Waals surface area contributed by atoms with Crippen molar-refractivity contribution in [2.75, 3.05) is 33.4 Å². The largest absolute Gasteiger partial charge is 0.394 e. The maximum atomic E-state index is 13.2. The third-order valence-electron chi connectivity index (χ3n) is 5.92. The molecule has 3 saturated heterocycles. The number of hydrogen-bond acceptors (Lipinski definition) is 4. The second kappa shape index (κ2) is 4.83. The van der Waals surface area contributed by atoms with Crippen LogP contribution in [0, 0.1) is 11.3 Å². The van der Waals surface area contributed by atoms with Crippen LogP contribution in [0.3, 0.4) is 0 Å². The molecule has 19 heavy (non-hydrogen) atoms. The molecule has 4 heteroatoms. The van der Waals surface area contributed by atoms with E-state index in [4.69, 9.17) is 4.74 Å². The van der Waals surface area contributed by atoms with E-state index in [9.17, 15) is 9.90 Å². The minimum Gasteiger partial charge on any atom is -0.394 e. The minimum absolute atomic E-state index is 0.103. The molecular weight excluding hydrogens is 242 g/mol. The first-order valence-electron chi connectivity index (χ1n) is 7.59. The van der Waals surface area contributed by atoms with Crippen LogP contribution in [0.1, 0.15) is 38.5 Å². The monoisotopic (exact) mass is 267 g/mol. The highest BCUT2D eigenvalue weighted by molar-refractivity contribution is 5.96. The van der Waals surface area contributed by atoms with Crippen molar-refractivity contribution in [3.05, 3.63) is 0 Å². The lowest BCUT2D eigenvalue weighted by Gasteiger charge is -2.59. The van der Waals surface area contributed by atoms with Crippen LogP contribution in [0.15, 0.2) is 0 Å². The first-order chi connectivity index (χ1) is 9.19. The lowest BCUT2D eigenvalue weighted by molar-refractivity contribution is -0.177. The van der Waals surface area contributed by atoms with Crippen LogP contribution < -0.4 is 0 Å². The molecule has 1 N–H and O–H groups in total. The second-order valence-electron chi connectivity index (χ2n) is 6.58. The van der Waals surface area contributed by atoms with Crippen molar-refractivity contribution in [1.29, 1.82) is 0 Å². The molecule has 4 fully saturated rings. The number of Topliss-reactive ketones (excluding diaryl/α,β-unsaturated/α-hetero) is 1. The Morgan fingerprint density at radius 2 is 1.95 bits per heavy atom. The first-order valence-corrected chi connectivity index (χ1v) is 7.59. The number of aliphatic hydroxyl groups excluding tert-OH is 1. The van der Waals surface area contributed by atoms with E-state index >= 15 is 0 Å². The Balaban J connectivity index is 1.95. The SMILES string of the molecule is COCC1(CO)C(=O)C2(C3CCCC3)CCN1CC2. The van der Waals surface area contributed by atoms with Gasteiger partial charge in [-0.2, -0.15) is 0 Å². The number of hydrogen-bond donors (Lipinski definition) is 1. The molecule has 3 heterocycles. The predicted molar refractivity (Wildman–Crippen MR) is 71.9 cm³/mol. The number of fused-ring (bicyclic) bond motifs is 3. The molecule has 1 unspecified atom stereocenters. The molecule has 1 atom stereocenters. The van der Waals surface area contributed by atoms with Crippen LogP contribution in [0.4, 0.5) is 0 Å². The number of ketones is 1. The third-order valence-corrected chi connectivity index (χ3v) is 5.92. The lowest BCUT2D eigenvalue weighted by atomic mass is 9.57. The number of methoxy groups -OCH3 is 1. The molecule has 0 aromatic carbocycles. The Hall–Kier alpha value is -0.450. The van der Waals surface area contributed by atoms with Crippen molar-refractivity contribution in [3.8, 4) is 0 Å². The second-order valence-corrected chi connectivity index (χ2v) is 6.58. The summed E-state index contributed by atoms with van der Waals surface area (Å²) >= 11 is 0. The maximum absolute atomic E-state index is 13.2. The van der Waals surface area contributed by atoms with E-state index in [-0.39, 0.29) is 17.8 Å². The Morgan fingerprint density at radius 3 is 2.47 bits per heavy atom. The molecule has 0 aromatic heterocycles. The normalized spacial score (nSPS) is 43.1. The summed E-state index contributed by atoms with van der Waals surface area (Å²) in [7, 11) is 1.62. The number of ether oxygens (including phenoxy) is 1. The van der Waals surface area contributed by atoms with Crippen LogP contribution in [0.2, 0.25) is 0 Å². The van der Waals surface area contributed by atoms with Crippen LogP contribution in [-0.2, 0) is 9.53 Å². The van der Waals surface area contributed by atoms with Gasteiger partial charge in [-0.15, -0.1) is 0 Å². The van der Waals surface area contributed by atoms with Gasteiger partial charge in [0.2, 0.25) is 0 Å². The van der Waals surface area contributed by atoms with E-state index in [1.165, 1.54) is 25.7 Å². The average Bonchev–Trinajstić information content (AvgIpc) is 2.98. The summed E-state index contributed by atoms with van der Waals surface area (Å²) < 4.78 is 5.28. The van der Waals surface area contributed by atoms with Crippen molar-refractivity contribution in [3.63, 3.8) is 0 Å². The summed E-state index contributed by atoms with van der Waals surface area (Å²) in [6.45, 7) is 2.10. The van der Waals surface area contributed by atoms with Gasteiger partial charge in [0, 0.05) is 25.6 Å². The smallest absolute Gasteiger partial charge is 0.164 e. The lowest BCUT2D eigenvalue weighted by Crippen LogP contribution is -2.73. The van der Waals surface area contributed by atoms with Gasteiger partial charge in [-0.05, 0) is 31.6 Å². The van der Waals surface area contributed by atoms with E-state index in [1.807, 2.05) is 0 Å². The molecule has 0 amide bonds. The highest BCUT2D eigenvalue weighted by Gasteiger charge is 2.62. The number of nitrogens with zero attached hydrogens (tertiary/aromatic N) is 1. The molecule has 1 saturated carbocycles. The summed E-state index contributed by atoms with van der Waals surface area (Å²) in [5.41, 5.74) is -0.916. The van der Waals surface area contributed by atoms with Crippen LogP contribution in [0.5, 0.6) is 0 Å². The Labute approximate surface area is 115 Å². The van der Waals surface area contributed by atoms with Crippen molar-refractivity contribution >= 4 is 5.78 Å². The molecule has 0 radical (unpaired) electrons. The van der Waals surface area contributed by atoms with Crippen molar-refractivity contribution in [2.24, 2.45) is 11.3 Å². The van der Waals surface area contributed by atoms with E-state index in [0.717, 1.165) is 25.9 Å². The van der Waals surface area contributed by atoms with Crippen LogP contribution in [-0.4, -0.2) is 54.7 Å².